The molecule has 0 aliphatic rings. The van der Waals surface area contributed by atoms with Crippen LogP contribution in [0.5, 0.6) is 0 Å². The maximum atomic E-state index is 6.05. The minimum absolute atomic E-state index is 0.205. The molecular weight excluding hydrogens is 560 g/mol. The van der Waals surface area contributed by atoms with Crippen molar-refractivity contribution in [1.29, 1.82) is 0 Å². The first-order valence-corrected chi connectivity index (χ1v) is 17.7. The molecule has 2 unspecified atom stereocenters. The molecule has 0 N–H and O–H groups in total. The smallest absolute Gasteiger partial charge is 0.310 e. The Morgan fingerprint density at radius 3 is 1.36 bits per heavy atom. The van der Waals surface area contributed by atoms with Crippen LogP contribution in [0.1, 0.15) is 144 Å². The fourth-order valence-electron chi connectivity index (χ4n) is 5.52. The van der Waals surface area contributed by atoms with Crippen LogP contribution in [0.15, 0.2) is 12.3 Å². The lowest BCUT2D eigenvalue weighted by atomic mass is 9.93. The van der Waals surface area contributed by atoms with Crippen molar-refractivity contribution in [1.82, 2.24) is 0 Å². The molecule has 8 nitrogen and oxygen atoms in total. The van der Waals surface area contributed by atoms with Crippen LogP contribution < -0.4 is 0 Å². The highest BCUT2D eigenvalue weighted by atomic mass is 16.9. The van der Waals surface area contributed by atoms with Gasteiger partial charge in [-0.05, 0) is 53.4 Å². The van der Waals surface area contributed by atoms with Gasteiger partial charge in [0.05, 0.1) is 12.9 Å². The van der Waals surface area contributed by atoms with Crippen LogP contribution >= 0.6 is 0 Å². The number of allylic oxidation sites excluding steroid dienone is 1. The third-order valence-corrected chi connectivity index (χ3v) is 7.84. The second-order valence-electron chi connectivity index (χ2n) is 11.1. The molecule has 0 aromatic heterocycles. The van der Waals surface area contributed by atoms with E-state index in [9.17, 15) is 0 Å². The number of ether oxygens (including phenoxy) is 8. The monoisotopic (exact) mass is 635 g/mol. The van der Waals surface area contributed by atoms with Gasteiger partial charge in [0.1, 0.15) is 6.10 Å². The maximum Gasteiger partial charge on any atom is 0.310 e. The Labute approximate surface area is 273 Å². The van der Waals surface area contributed by atoms with Gasteiger partial charge in [-0.3, -0.25) is 0 Å². The largest absolute Gasteiger partial charge is 0.502 e. The van der Waals surface area contributed by atoms with Gasteiger partial charge in [0.2, 0.25) is 0 Å². The average Bonchev–Trinajstić information content (AvgIpc) is 3.03. The number of methoxy groups -OCH3 is 4. The summed E-state index contributed by atoms with van der Waals surface area (Å²) in [6.45, 7) is 14.9. The third kappa shape index (κ3) is 20.4. The molecule has 0 aromatic rings. The van der Waals surface area contributed by atoms with Crippen molar-refractivity contribution in [2.75, 3.05) is 54.9 Å². The van der Waals surface area contributed by atoms with Gasteiger partial charge in [0, 0.05) is 54.2 Å². The average molecular weight is 635 g/mol. The molecule has 0 amide bonds. The summed E-state index contributed by atoms with van der Waals surface area (Å²) in [6, 6.07) is 0. The number of rotatable bonds is 31. The van der Waals surface area contributed by atoms with Crippen molar-refractivity contribution >= 4 is 0 Å². The van der Waals surface area contributed by atoms with Gasteiger partial charge in [-0.25, -0.2) is 0 Å². The molecule has 0 saturated heterocycles. The van der Waals surface area contributed by atoms with Gasteiger partial charge in [0.15, 0.2) is 0 Å². The van der Waals surface area contributed by atoms with E-state index >= 15 is 0 Å². The molecule has 0 saturated carbocycles. The molecule has 0 aliphatic heterocycles. The fourth-order valence-corrected chi connectivity index (χ4v) is 5.52. The lowest BCUT2D eigenvalue weighted by Crippen LogP contribution is -2.48. The van der Waals surface area contributed by atoms with Crippen molar-refractivity contribution in [2.24, 2.45) is 5.92 Å². The molecule has 0 aliphatic carbocycles. The molecule has 0 aromatic carbocycles. The molecule has 266 valence electrons. The lowest BCUT2D eigenvalue weighted by molar-refractivity contribution is -0.403. The Kier molecular flexibility index (Phi) is 33.2. The molecule has 0 heterocycles. The zero-order valence-corrected chi connectivity index (χ0v) is 30.7. The van der Waals surface area contributed by atoms with E-state index in [1.165, 1.54) is 70.6 Å². The molecule has 44 heavy (non-hydrogen) atoms. The Bertz CT molecular complexity index is 571. The minimum Gasteiger partial charge on any atom is -0.502 e. The van der Waals surface area contributed by atoms with Crippen molar-refractivity contribution in [2.45, 2.75) is 162 Å². The first-order valence-electron chi connectivity index (χ1n) is 17.7. The van der Waals surface area contributed by atoms with Gasteiger partial charge >= 0.3 is 5.97 Å². The molecular formula is C36H74O8. The summed E-state index contributed by atoms with van der Waals surface area (Å²) in [4.78, 5) is 0. The van der Waals surface area contributed by atoms with Gasteiger partial charge < -0.3 is 37.9 Å². The lowest BCUT2D eigenvalue weighted by Gasteiger charge is -2.39. The topological polar surface area (TPSA) is 73.8 Å². The van der Waals surface area contributed by atoms with Gasteiger partial charge in [-0.2, -0.15) is 0 Å². The van der Waals surface area contributed by atoms with E-state index in [1.807, 2.05) is 33.8 Å². The summed E-state index contributed by atoms with van der Waals surface area (Å²) in [5.74, 6) is -1.77. The zero-order valence-electron chi connectivity index (χ0n) is 30.7. The summed E-state index contributed by atoms with van der Waals surface area (Å²) in [6.07, 6.45) is 22.6. The fraction of sp³-hybridized carbons (Fsp3) is 0.944. The summed E-state index contributed by atoms with van der Waals surface area (Å²) >= 11 is 0. The molecule has 8 heteroatoms. The number of hydrogen-bond acceptors (Lipinski definition) is 8. The Balaban J connectivity index is 0. The predicted molar refractivity (Wildman–Crippen MR) is 182 cm³/mol. The van der Waals surface area contributed by atoms with Crippen LogP contribution in [-0.4, -0.2) is 72.9 Å². The van der Waals surface area contributed by atoms with Crippen LogP contribution in [-0.2, 0) is 37.9 Å². The van der Waals surface area contributed by atoms with Gasteiger partial charge in [0.25, 0.3) is 5.97 Å². The van der Waals surface area contributed by atoms with E-state index in [2.05, 4.69) is 13.8 Å². The molecule has 0 radical (unpaired) electrons. The first kappa shape index (κ1) is 45.4. The van der Waals surface area contributed by atoms with Gasteiger partial charge in [-0.15, -0.1) is 0 Å². The zero-order chi connectivity index (χ0) is 33.4. The van der Waals surface area contributed by atoms with Crippen LogP contribution in [0.2, 0.25) is 0 Å². The Hall–Kier alpha value is -0.740. The second-order valence-corrected chi connectivity index (χ2v) is 11.1. The summed E-state index contributed by atoms with van der Waals surface area (Å²) in [7, 11) is 6.37. The highest BCUT2D eigenvalue weighted by Crippen LogP contribution is 2.34. The first-order chi connectivity index (χ1) is 21.4. The van der Waals surface area contributed by atoms with Crippen LogP contribution in [0.25, 0.3) is 0 Å². The third-order valence-electron chi connectivity index (χ3n) is 7.84. The van der Waals surface area contributed by atoms with Crippen LogP contribution in [0.4, 0.5) is 0 Å². The highest BCUT2D eigenvalue weighted by Gasteiger charge is 2.42. The standard InChI is InChI=1S/C22H44O4.C14H30O4/c1-6-11-12-13-14-15-17-21(18-16-20-23-19-7-2)22(24-8-3,25-9-4)26-10-5;1-6-7-8-9-10-11-12-13(15-2)14(16-3,17-4)18-5/h7,19,21H,6,8-18,20H2,1-5H3;13H,6-12H2,1-5H3. The number of unbranched alkanes of at least 4 members (excludes halogenated alkanes) is 10. The van der Waals surface area contributed by atoms with E-state index < -0.39 is 11.9 Å². The molecule has 0 bridgehead atoms. The predicted octanol–water partition coefficient (Wildman–Crippen LogP) is 9.79. The number of hydrogen-bond donors (Lipinski definition) is 0. The summed E-state index contributed by atoms with van der Waals surface area (Å²) in [5.41, 5.74) is 0. The Morgan fingerprint density at radius 1 is 0.523 bits per heavy atom. The van der Waals surface area contributed by atoms with E-state index in [0.29, 0.717) is 19.8 Å². The van der Waals surface area contributed by atoms with Gasteiger partial charge in [-0.1, -0.05) is 97.0 Å². The van der Waals surface area contributed by atoms with Crippen molar-refractivity contribution in [3.8, 4) is 0 Å². The molecule has 0 fully saturated rings. The summed E-state index contributed by atoms with van der Waals surface area (Å²) < 4.78 is 45.0. The normalized spacial score (nSPS) is 13.6. The molecule has 2 atom stereocenters. The Morgan fingerprint density at radius 2 is 0.955 bits per heavy atom. The van der Waals surface area contributed by atoms with E-state index in [-0.39, 0.29) is 12.0 Å². The van der Waals surface area contributed by atoms with Crippen molar-refractivity contribution < 1.29 is 37.9 Å². The molecule has 0 spiro atoms. The SMILES string of the molecule is CC=COCCCC(CCCCCCCC)C(OCC)(OCC)OCC.CCCCCCCCC(OC)C(OC)(OC)OC. The van der Waals surface area contributed by atoms with Crippen molar-refractivity contribution in [3.63, 3.8) is 0 Å². The van der Waals surface area contributed by atoms with Crippen LogP contribution in [0, 0.1) is 5.92 Å². The maximum absolute atomic E-state index is 6.05. The quantitative estimate of drug-likeness (QED) is 0.0424. The van der Waals surface area contributed by atoms with E-state index in [0.717, 1.165) is 38.7 Å². The molecule has 0 rings (SSSR count). The second kappa shape index (κ2) is 32.2. The minimum atomic E-state index is -1.09. The van der Waals surface area contributed by atoms with E-state index in [1.54, 1.807) is 34.7 Å². The summed E-state index contributed by atoms with van der Waals surface area (Å²) in [5, 5.41) is 0. The van der Waals surface area contributed by atoms with Crippen LogP contribution in [0.3, 0.4) is 0 Å². The van der Waals surface area contributed by atoms with Crippen molar-refractivity contribution in [3.05, 3.63) is 12.3 Å². The highest BCUT2D eigenvalue weighted by molar-refractivity contribution is 4.74. The van der Waals surface area contributed by atoms with E-state index in [4.69, 9.17) is 37.9 Å².